The molecule has 0 unspecified atom stereocenters. The lowest BCUT2D eigenvalue weighted by molar-refractivity contribution is -0.139. The molecule has 0 radical (unpaired) electrons. The molecule has 208 valence electrons. The Morgan fingerprint density at radius 3 is 2.56 bits per heavy atom. The van der Waals surface area contributed by atoms with Gasteiger partial charge in [0.05, 0.1) is 31.9 Å². The zero-order valence-corrected chi connectivity index (χ0v) is 22.9. The monoisotopic (exact) mass is 558 g/mol. The maximum absolute atomic E-state index is 12.6. The number of ether oxygens (including phenoxy) is 4. The summed E-state index contributed by atoms with van der Waals surface area (Å²) in [5, 5.41) is 9.84. The Balaban J connectivity index is 1.63. The highest BCUT2D eigenvalue weighted by atomic mass is 35.5. The summed E-state index contributed by atoms with van der Waals surface area (Å²) < 4.78 is 21.8. The molecule has 1 aliphatic heterocycles. The Bertz CT molecular complexity index is 1280. The number of hydrogen-bond donors (Lipinski definition) is 3. The second-order valence-electron chi connectivity index (χ2n) is 8.23. The van der Waals surface area contributed by atoms with Gasteiger partial charge in [-0.15, -0.1) is 0 Å². The van der Waals surface area contributed by atoms with Gasteiger partial charge in [-0.05, 0) is 56.7 Å². The smallest absolute Gasteiger partial charge is 0.338 e. The Morgan fingerprint density at radius 1 is 1.08 bits per heavy atom. The van der Waals surface area contributed by atoms with E-state index >= 15 is 0 Å². The minimum absolute atomic E-state index is 0.188. The van der Waals surface area contributed by atoms with Crippen LogP contribution in [-0.4, -0.2) is 51.1 Å². The van der Waals surface area contributed by atoms with E-state index < -0.39 is 23.9 Å². The van der Waals surface area contributed by atoms with Gasteiger partial charge in [0.15, 0.2) is 18.1 Å². The Kier molecular flexibility index (Phi) is 10.6. The first-order chi connectivity index (χ1) is 18.8. The minimum Gasteiger partial charge on any atom is -0.494 e. The summed E-state index contributed by atoms with van der Waals surface area (Å²) in [6.07, 6.45) is 1.94. The van der Waals surface area contributed by atoms with Crippen LogP contribution in [0.2, 0.25) is 5.02 Å². The van der Waals surface area contributed by atoms with Gasteiger partial charge < -0.3 is 29.6 Å². The van der Waals surface area contributed by atoms with Crippen molar-refractivity contribution < 1.29 is 33.3 Å². The predicted molar refractivity (Wildman–Crippen MR) is 145 cm³/mol. The second kappa shape index (κ2) is 14.1. The Hall–Kier alpha value is -4.25. The second-order valence-corrected chi connectivity index (χ2v) is 8.66. The zero-order valence-electron chi connectivity index (χ0n) is 22.1. The number of nitrogens with one attached hydrogen (secondary N) is 3. The first-order valence-corrected chi connectivity index (χ1v) is 12.6. The molecule has 0 saturated carbocycles. The van der Waals surface area contributed by atoms with E-state index in [1.807, 2.05) is 6.92 Å². The highest BCUT2D eigenvalue weighted by Crippen LogP contribution is 2.34. The van der Waals surface area contributed by atoms with Crippen LogP contribution < -0.4 is 30.3 Å². The molecule has 2 aromatic carbocycles. The third-order valence-corrected chi connectivity index (χ3v) is 5.79. The van der Waals surface area contributed by atoms with E-state index in [2.05, 4.69) is 21.2 Å². The third kappa shape index (κ3) is 7.87. The molecule has 0 bridgehead atoms. The molecule has 0 aliphatic carbocycles. The van der Waals surface area contributed by atoms with Crippen molar-refractivity contribution in [3.8, 4) is 17.2 Å². The number of amides is 3. The summed E-state index contributed by atoms with van der Waals surface area (Å²) in [5.74, 6) is 0.263. The number of hydrazone groups is 1. The van der Waals surface area contributed by atoms with Crippen LogP contribution in [-0.2, 0) is 20.7 Å². The molecule has 3 amide bonds. The summed E-state index contributed by atoms with van der Waals surface area (Å²) >= 11 is 6.06. The number of nitrogens with zero attached hydrogens (tertiary/aromatic N) is 1. The van der Waals surface area contributed by atoms with E-state index in [1.165, 1.54) is 13.3 Å². The summed E-state index contributed by atoms with van der Waals surface area (Å²) in [6, 6.07) is 8.97. The summed E-state index contributed by atoms with van der Waals surface area (Å²) in [6.45, 7) is 5.59. The van der Waals surface area contributed by atoms with Gasteiger partial charge in [-0.2, -0.15) is 5.10 Å². The van der Waals surface area contributed by atoms with Gasteiger partial charge in [-0.3, -0.25) is 4.79 Å². The molecule has 0 aromatic heterocycles. The summed E-state index contributed by atoms with van der Waals surface area (Å²) in [5.41, 5.74) is 4.48. The van der Waals surface area contributed by atoms with Crippen LogP contribution in [0.4, 0.5) is 4.79 Å². The van der Waals surface area contributed by atoms with Crippen molar-refractivity contribution in [3.63, 3.8) is 0 Å². The topological polar surface area (TPSA) is 137 Å². The van der Waals surface area contributed by atoms with Gasteiger partial charge in [0.25, 0.3) is 5.91 Å². The van der Waals surface area contributed by atoms with E-state index in [1.54, 1.807) is 50.2 Å². The highest BCUT2D eigenvalue weighted by molar-refractivity contribution is 6.30. The SMILES string of the molecule is CCOC(=O)C1=C(C)NC(=O)N[C@H]1c1ccc(OCC(=O)N/N=C\Cc2cc(Cl)ccc2OCC)c(OC)c1. The van der Waals surface area contributed by atoms with Crippen LogP contribution in [0, 0.1) is 0 Å². The van der Waals surface area contributed by atoms with Crippen molar-refractivity contribution in [1.29, 1.82) is 0 Å². The van der Waals surface area contributed by atoms with E-state index in [4.69, 9.17) is 30.5 Å². The molecule has 0 saturated heterocycles. The van der Waals surface area contributed by atoms with Gasteiger partial charge >= 0.3 is 12.0 Å². The molecule has 3 rings (SSSR count). The highest BCUT2D eigenvalue weighted by Gasteiger charge is 2.32. The Morgan fingerprint density at radius 2 is 1.85 bits per heavy atom. The fourth-order valence-electron chi connectivity index (χ4n) is 3.85. The van der Waals surface area contributed by atoms with Gasteiger partial charge in [0, 0.05) is 28.9 Å². The molecule has 1 aliphatic rings. The lowest BCUT2D eigenvalue weighted by atomic mass is 9.95. The number of carbonyl (C=O) groups is 3. The number of halogens is 1. The van der Waals surface area contributed by atoms with Gasteiger partial charge in [0.1, 0.15) is 5.75 Å². The van der Waals surface area contributed by atoms with Gasteiger partial charge in [0.2, 0.25) is 0 Å². The number of urea groups is 1. The Labute approximate surface area is 231 Å². The van der Waals surface area contributed by atoms with E-state index in [0.29, 0.717) is 46.6 Å². The third-order valence-electron chi connectivity index (χ3n) is 5.56. The van der Waals surface area contributed by atoms with Crippen LogP contribution in [0.15, 0.2) is 52.8 Å². The number of rotatable bonds is 12. The number of carbonyl (C=O) groups excluding carboxylic acids is 3. The molecule has 1 heterocycles. The average molecular weight is 559 g/mol. The molecule has 39 heavy (non-hydrogen) atoms. The van der Waals surface area contributed by atoms with Crippen molar-refractivity contribution in [2.24, 2.45) is 5.10 Å². The van der Waals surface area contributed by atoms with Crippen LogP contribution in [0.5, 0.6) is 17.2 Å². The van der Waals surface area contributed by atoms with Crippen LogP contribution in [0.3, 0.4) is 0 Å². The standard InChI is InChI=1S/C27H31ClN4O7/c1-5-37-20-10-8-19(28)13-17(20)11-12-29-32-23(33)15-39-21-9-7-18(14-22(21)36-4)25-24(26(34)38-6-2)16(3)30-27(35)31-25/h7-10,12-14,25H,5-6,11,15H2,1-4H3,(H,32,33)(H2,30,31,35)/b29-12-/t25-/m0/s1. The number of benzene rings is 2. The van der Waals surface area contributed by atoms with E-state index in [-0.39, 0.29) is 18.8 Å². The van der Waals surface area contributed by atoms with Crippen molar-refractivity contribution >= 4 is 35.7 Å². The van der Waals surface area contributed by atoms with Crippen LogP contribution >= 0.6 is 11.6 Å². The number of allylic oxidation sites excluding steroid dienone is 1. The average Bonchev–Trinajstić information content (AvgIpc) is 2.91. The number of esters is 1. The van der Waals surface area contributed by atoms with Gasteiger partial charge in [-0.1, -0.05) is 17.7 Å². The van der Waals surface area contributed by atoms with Crippen LogP contribution in [0.25, 0.3) is 0 Å². The maximum Gasteiger partial charge on any atom is 0.338 e. The van der Waals surface area contributed by atoms with Gasteiger partial charge in [-0.25, -0.2) is 15.0 Å². The molecular weight excluding hydrogens is 528 g/mol. The van der Waals surface area contributed by atoms with Crippen molar-refractivity contribution in [2.45, 2.75) is 33.2 Å². The van der Waals surface area contributed by atoms with Crippen molar-refractivity contribution in [2.75, 3.05) is 26.9 Å². The zero-order chi connectivity index (χ0) is 28.4. The maximum atomic E-state index is 12.6. The molecule has 3 N–H and O–H groups in total. The molecule has 2 aromatic rings. The molecule has 11 nitrogen and oxygen atoms in total. The summed E-state index contributed by atoms with van der Waals surface area (Å²) in [4.78, 5) is 36.9. The van der Waals surface area contributed by atoms with Crippen molar-refractivity contribution in [3.05, 3.63) is 63.8 Å². The molecule has 12 heteroatoms. The summed E-state index contributed by atoms with van der Waals surface area (Å²) in [7, 11) is 1.44. The molecular formula is C27H31ClN4O7. The number of hydrogen-bond acceptors (Lipinski definition) is 8. The van der Waals surface area contributed by atoms with Crippen LogP contribution in [0.1, 0.15) is 37.9 Å². The predicted octanol–water partition coefficient (Wildman–Crippen LogP) is 3.66. The van der Waals surface area contributed by atoms with E-state index in [9.17, 15) is 14.4 Å². The lowest BCUT2D eigenvalue weighted by Crippen LogP contribution is -2.45. The normalized spacial score (nSPS) is 14.9. The largest absolute Gasteiger partial charge is 0.494 e. The number of methoxy groups -OCH3 is 1. The minimum atomic E-state index is -0.763. The fourth-order valence-corrected chi connectivity index (χ4v) is 4.04. The molecule has 0 spiro atoms. The molecule has 0 fully saturated rings. The lowest BCUT2D eigenvalue weighted by Gasteiger charge is -2.28. The quantitative estimate of drug-likeness (QED) is 0.205. The van der Waals surface area contributed by atoms with Crippen molar-refractivity contribution in [1.82, 2.24) is 16.1 Å². The van der Waals surface area contributed by atoms with E-state index in [0.717, 1.165) is 5.56 Å². The first-order valence-electron chi connectivity index (χ1n) is 12.2. The first kappa shape index (κ1) is 29.3. The fraction of sp³-hybridized carbons (Fsp3) is 0.333. The molecule has 1 atom stereocenters.